The summed E-state index contributed by atoms with van der Waals surface area (Å²) in [6.07, 6.45) is 7.53. The summed E-state index contributed by atoms with van der Waals surface area (Å²) in [5, 5.41) is 5.27. The zero-order valence-corrected chi connectivity index (χ0v) is 14.0. The Labute approximate surface area is 133 Å². The van der Waals surface area contributed by atoms with Crippen LogP contribution in [0.4, 0.5) is 0 Å². The van der Waals surface area contributed by atoms with Gasteiger partial charge in [-0.2, -0.15) is 0 Å². The average Bonchev–Trinajstić information content (AvgIpc) is 2.63. The molecular weight excluding hydrogens is 289 g/mol. The SMILES string of the molecule is CC(C)NCC1(c2c(Cl)cccc2Cl)CCCCCC1. The first-order valence-electron chi connectivity index (χ1n) is 7.73. The first-order valence-corrected chi connectivity index (χ1v) is 8.49. The van der Waals surface area contributed by atoms with Crippen LogP contribution in [0.2, 0.25) is 10.0 Å². The first kappa shape index (κ1) is 16.1. The van der Waals surface area contributed by atoms with Crippen LogP contribution < -0.4 is 5.32 Å². The minimum Gasteiger partial charge on any atom is -0.314 e. The van der Waals surface area contributed by atoms with Gasteiger partial charge in [-0.05, 0) is 30.5 Å². The predicted molar refractivity (Wildman–Crippen MR) is 89.0 cm³/mol. The summed E-state index contributed by atoms with van der Waals surface area (Å²) in [6, 6.07) is 6.38. The molecule has 2 rings (SSSR count). The van der Waals surface area contributed by atoms with Crippen LogP contribution in [0.25, 0.3) is 0 Å². The number of hydrogen-bond acceptors (Lipinski definition) is 1. The standard InChI is InChI=1S/C17H25Cl2N/c1-13(2)20-12-17(10-5-3-4-6-11-17)16-14(18)8-7-9-15(16)19/h7-9,13,20H,3-6,10-12H2,1-2H3. The van der Waals surface area contributed by atoms with Crippen molar-refractivity contribution in [3.8, 4) is 0 Å². The summed E-state index contributed by atoms with van der Waals surface area (Å²) in [7, 11) is 0. The Bertz CT molecular complexity index is 414. The van der Waals surface area contributed by atoms with Crippen molar-refractivity contribution >= 4 is 23.2 Å². The molecule has 0 heterocycles. The fourth-order valence-electron chi connectivity index (χ4n) is 3.32. The highest BCUT2D eigenvalue weighted by Gasteiger charge is 2.36. The minimum atomic E-state index is 0.0934. The Morgan fingerprint density at radius 2 is 1.60 bits per heavy atom. The number of nitrogens with one attached hydrogen (secondary N) is 1. The van der Waals surface area contributed by atoms with Crippen LogP contribution in [0.5, 0.6) is 0 Å². The molecule has 0 aromatic heterocycles. The van der Waals surface area contributed by atoms with Gasteiger partial charge in [0.15, 0.2) is 0 Å². The number of benzene rings is 1. The molecule has 0 saturated heterocycles. The van der Waals surface area contributed by atoms with Gasteiger partial charge in [0.05, 0.1) is 0 Å². The van der Waals surface area contributed by atoms with Crippen LogP contribution in [-0.4, -0.2) is 12.6 Å². The van der Waals surface area contributed by atoms with Gasteiger partial charge in [0.25, 0.3) is 0 Å². The van der Waals surface area contributed by atoms with Gasteiger partial charge in [0, 0.05) is 28.0 Å². The molecule has 1 fully saturated rings. The Morgan fingerprint density at radius 1 is 1.05 bits per heavy atom. The zero-order valence-electron chi connectivity index (χ0n) is 12.5. The van der Waals surface area contributed by atoms with Crippen molar-refractivity contribution in [1.82, 2.24) is 5.32 Å². The van der Waals surface area contributed by atoms with Crippen molar-refractivity contribution < 1.29 is 0 Å². The second-order valence-corrected chi connectivity index (χ2v) is 7.14. The molecule has 20 heavy (non-hydrogen) atoms. The highest BCUT2D eigenvalue weighted by molar-refractivity contribution is 6.36. The van der Waals surface area contributed by atoms with E-state index in [1.54, 1.807) is 0 Å². The molecule has 0 aliphatic heterocycles. The largest absolute Gasteiger partial charge is 0.314 e. The molecule has 1 aromatic carbocycles. The maximum Gasteiger partial charge on any atom is 0.0459 e. The molecule has 0 radical (unpaired) electrons. The molecule has 0 amide bonds. The van der Waals surface area contributed by atoms with E-state index in [1.165, 1.54) is 44.1 Å². The normalized spacial score (nSPS) is 19.1. The van der Waals surface area contributed by atoms with E-state index in [9.17, 15) is 0 Å². The van der Waals surface area contributed by atoms with Crippen molar-refractivity contribution in [2.24, 2.45) is 0 Å². The van der Waals surface area contributed by atoms with Gasteiger partial charge in [0.1, 0.15) is 0 Å². The van der Waals surface area contributed by atoms with Gasteiger partial charge in [-0.1, -0.05) is 68.8 Å². The molecule has 0 unspecified atom stereocenters. The Morgan fingerprint density at radius 3 is 2.10 bits per heavy atom. The van der Waals surface area contributed by atoms with Gasteiger partial charge in [-0.3, -0.25) is 0 Å². The highest BCUT2D eigenvalue weighted by Crippen LogP contribution is 2.44. The van der Waals surface area contributed by atoms with E-state index in [0.29, 0.717) is 6.04 Å². The third-order valence-electron chi connectivity index (χ3n) is 4.40. The molecule has 1 saturated carbocycles. The summed E-state index contributed by atoms with van der Waals surface area (Å²) in [5.74, 6) is 0. The molecule has 0 bridgehead atoms. The van der Waals surface area contributed by atoms with Crippen molar-refractivity contribution in [1.29, 1.82) is 0 Å². The third kappa shape index (κ3) is 3.69. The average molecular weight is 314 g/mol. The van der Waals surface area contributed by atoms with Crippen molar-refractivity contribution in [2.45, 2.75) is 63.8 Å². The lowest BCUT2D eigenvalue weighted by atomic mass is 9.74. The molecular formula is C17H25Cl2N. The molecule has 112 valence electrons. The van der Waals surface area contributed by atoms with Crippen molar-refractivity contribution in [3.63, 3.8) is 0 Å². The monoisotopic (exact) mass is 313 g/mol. The van der Waals surface area contributed by atoms with Gasteiger partial charge >= 0.3 is 0 Å². The van der Waals surface area contributed by atoms with E-state index in [1.807, 2.05) is 18.2 Å². The van der Waals surface area contributed by atoms with Crippen LogP contribution in [-0.2, 0) is 5.41 Å². The molecule has 0 atom stereocenters. The topological polar surface area (TPSA) is 12.0 Å². The number of rotatable bonds is 4. The summed E-state index contributed by atoms with van der Waals surface area (Å²) in [5.41, 5.74) is 1.26. The quantitative estimate of drug-likeness (QED) is 0.715. The summed E-state index contributed by atoms with van der Waals surface area (Å²) < 4.78 is 0. The molecule has 1 N–H and O–H groups in total. The summed E-state index contributed by atoms with van der Waals surface area (Å²) in [4.78, 5) is 0. The van der Waals surface area contributed by atoms with Crippen molar-refractivity contribution in [3.05, 3.63) is 33.8 Å². The lowest BCUT2D eigenvalue weighted by Gasteiger charge is -2.36. The molecule has 1 aromatic rings. The Balaban J connectivity index is 2.38. The predicted octanol–water partition coefficient (Wildman–Crippen LogP) is 5.58. The Hall–Kier alpha value is -0.240. The van der Waals surface area contributed by atoms with Gasteiger partial charge in [-0.15, -0.1) is 0 Å². The van der Waals surface area contributed by atoms with Gasteiger partial charge < -0.3 is 5.32 Å². The van der Waals surface area contributed by atoms with E-state index in [0.717, 1.165) is 16.6 Å². The molecule has 3 heteroatoms. The summed E-state index contributed by atoms with van der Waals surface area (Å²) >= 11 is 13.0. The van der Waals surface area contributed by atoms with E-state index in [2.05, 4.69) is 19.2 Å². The Kier molecular flexibility index (Phi) is 5.77. The number of hydrogen-bond donors (Lipinski definition) is 1. The van der Waals surface area contributed by atoms with E-state index >= 15 is 0 Å². The maximum atomic E-state index is 6.51. The lowest BCUT2D eigenvalue weighted by molar-refractivity contribution is 0.336. The minimum absolute atomic E-state index is 0.0934. The lowest BCUT2D eigenvalue weighted by Crippen LogP contribution is -2.41. The zero-order chi connectivity index (χ0) is 14.6. The van der Waals surface area contributed by atoms with Crippen LogP contribution in [0.15, 0.2) is 18.2 Å². The van der Waals surface area contributed by atoms with E-state index in [4.69, 9.17) is 23.2 Å². The van der Waals surface area contributed by atoms with Gasteiger partial charge in [0.2, 0.25) is 0 Å². The van der Waals surface area contributed by atoms with Crippen LogP contribution in [0, 0.1) is 0 Å². The third-order valence-corrected chi connectivity index (χ3v) is 5.03. The second kappa shape index (κ2) is 7.15. The smallest absolute Gasteiger partial charge is 0.0459 e. The fraction of sp³-hybridized carbons (Fsp3) is 0.647. The van der Waals surface area contributed by atoms with Crippen LogP contribution >= 0.6 is 23.2 Å². The molecule has 1 aliphatic carbocycles. The molecule has 0 spiro atoms. The van der Waals surface area contributed by atoms with E-state index < -0.39 is 0 Å². The van der Waals surface area contributed by atoms with Crippen LogP contribution in [0.1, 0.15) is 57.9 Å². The van der Waals surface area contributed by atoms with E-state index in [-0.39, 0.29) is 5.41 Å². The number of halogens is 2. The second-order valence-electron chi connectivity index (χ2n) is 6.33. The first-order chi connectivity index (χ1) is 9.55. The van der Waals surface area contributed by atoms with Crippen molar-refractivity contribution in [2.75, 3.05) is 6.54 Å². The van der Waals surface area contributed by atoms with Crippen LogP contribution in [0.3, 0.4) is 0 Å². The molecule has 1 aliphatic rings. The van der Waals surface area contributed by atoms with Gasteiger partial charge in [-0.25, -0.2) is 0 Å². The maximum absolute atomic E-state index is 6.51. The fourth-order valence-corrected chi connectivity index (χ4v) is 4.12. The highest BCUT2D eigenvalue weighted by atomic mass is 35.5. The summed E-state index contributed by atoms with van der Waals surface area (Å²) in [6.45, 7) is 5.35. The molecule has 1 nitrogen and oxygen atoms in total.